The van der Waals surface area contributed by atoms with E-state index in [0.717, 1.165) is 0 Å². The minimum Gasteiger partial charge on any atom is -0.481 e. The highest BCUT2D eigenvalue weighted by Crippen LogP contribution is 2.19. The van der Waals surface area contributed by atoms with Gasteiger partial charge in [0.15, 0.2) is 0 Å². The minimum absolute atomic E-state index is 0.00135. The normalized spacial score (nSPS) is 15.6. The van der Waals surface area contributed by atoms with Crippen molar-refractivity contribution in [3.05, 3.63) is 35.9 Å². The Bertz CT molecular complexity index is 1780. The Morgan fingerprint density at radius 1 is 0.662 bits per heavy atom. The summed E-state index contributed by atoms with van der Waals surface area (Å²) in [6.07, 6.45) is 1.63. The number of aliphatic carboxylic acids is 3. The molecule has 1 saturated heterocycles. The monoisotopic (exact) mass is 917 g/mol. The van der Waals surface area contributed by atoms with Gasteiger partial charge in [-0.3, -0.25) is 43.2 Å². The number of nitrogens with two attached hydrogens (primary N) is 2. The van der Waals surface area contributed by atoms with Crippen molar-refractivity contribution in [2.24, 2.45) is 17.4 Å². The standard InChI is InChI=1S/C43H67N9O13/c1-26(2)22-32(43(64)65)51-41(62)30(23-27-12-5-3-6-13-27)49-39(60)28(14-8-10-20-45)48-42(63)33-15-11-21-52(33)35(54)25-46-38(59)31(24-37(57)58)50-40(61)29(17-18-36(55)56)47-34(53)16-7-4-9-19-44/h3,5-6,12-13,26,28-33H,4,7-11,14-25,44-45H2,1-2H3,(H,46,59)(H,47,53)(H,48,63)(H,49,60)(H,50,61)(H,51,62)(H,55,56)(H,57,58)(H,64,65)/t28-,29-,30-,31-,32-,33-/m0/s1. The minimum atomic E-state index is -1.75. The number of carbonyl (C=O) groups excluding carboxylic acids is 7. The second-order valence-corrected chi connectivity index (χ2v) is 16.4. The molecule has 0 bridgehead atoms. The van der Waals surface area contributed by atoms with Crippen LogP contribution in [0.3, 0.4) is 0 Å². The molecular formula is C43H67N9O13. The first kappa shape index (κ1) is 55.0. The van der Waals surface area contributed by atoms with Crippen molar-refractivity contribution in [3.8, 4) is 0 Å². The summed E-state index contributed by atoms with van der Waals surface area (Å²) in [7, 11) is 0. The van der Waals surface area contributed by atoms with Gasteiger partial charge in [0, 0.05) is 25.8 Å². The second-order valence-electron chi connectivity index (χ2n) is 16.4. The zero-order valence-electron chi connectivity index (χ0n) is 37.2. The van der Waals surface area contributed by atoms with Gasteiger partial charge < -0.3 is 63.6 Å². The van der Waals surface area contributed by atoms with E-state index in [0.29, 0.717) is 57.2 Å². The number of carboxylic acid groups (broad SMARTS) is 3. The summed E-state index contributed by atoms with van der Waals surface area (Å²) in [4.78, 5) is 130. The number of amides is 7. The van der Waals surface area contributed by atoms with E-state index in [1.807, 2.05) is 0 Å². The van der Waals surface area contributed by atoms with Gasteiger partial charge in [-0.1, -0.05) is 50.6 Å². The molecule has 1 aliphatic heterocycles. The molecule has 65 heavy (non-hydrogen) atoms. The number of carboxylic acids is 3. The molecule has 13 N–H and O–H groups in total. The van der Waals surface area contributed by atoms with E-state index in [9.17, 15) is 63.3 Å². The van der Waals surface area contributed by atoms with E-state index in [1.165, 1.54) is 4.90 Å². The predicted octanol–water partition coefficient (Wildman–Crippen LogP) is -1.12. The van der Waals surface area contributed by atoms with Crippen molar-refractivity contribution in [1.82, 2.24) is 36.8 Å². The molecule has 22 heteroatoms. The SMILES string of the molecule is CC(C)C[C@H](NC(=O)[C@H](Cc1ccccc1)NC(=O)[C@H](CCCCN)NC(=O)[C@@H]1CCCN1C(=O)CNC(=O)[C@H](CC(=O)O)NC(=O)[C@H](CCC(=O)O)NC(=O)CCCCCN)C(=O)O. The zero-order valence-corrected chi connectivity index (χ0v) is 37.2. The lowest BCUT2D eigenvalue weighted by molar-refractivity contribution is -0.143. The number of unbranched alkanes of at least 4 members (excludes halogenated alkanes) is 3. The van der Waals surface area contributed by atoms with Crippen molar-refractivity contribution in [2.45, 2.75) is 140 Å². The third kappa shape index (κ3) is 20.9. The maximum atomic E-state index is 13.9. The Labute approximate surface area is 378 Å². The van der Waals surface area contributed by atoms with Crippen LogP contribution in [0.15, 0.2) is 30.3 Å². The highest BCUT2D eigenvalue weighted by atomic mass is 16.4. The topological polar surface area (TPSA) is 359 Å². The number of likely N-dealkylation sites (tertiary alicyclic amines) is 1. The Kier molecular flexibility index (Phi) is 24.8. The van der Waals surface area contributed by atoms with Crippen molar-refractivity contribution < 1.29 is 63.3 Å². The van der Waals surface area contributed by atoms with Gasteiger partial charge in [-0.15, -0.1) is 0 Å². The van der Waals surface area contributed by atoms with Crippen LogP contribution in [0.2, 0.25) is 0 Å². The third-order valence-corrected chi connectivity index (χ3v) is 10.5. The number of hydrogen-bond donors (Lipinski definition) is 11. The molecule has 0 spiro atoms. The van der Waals surface area contributed by atoms with Gasteiger partial charge in [-0.05, 0) is 82.4 Å². The first-order valence-corrected chi connectivity index (χ1v) is 22.0. The van der Waals surface area contributed by atoms with Crippen molar-refractivity contribution >= 4 is 59.3 Å². The zero-order chi connectivity index (χ0) is 48.5. The summed E-state index contributed by atoms with van der Waals surface area (Å²) in [5.41, 5.74) is 11.8. The molecule has 1 aliphatic rings. The van der Waals surface area contributed by atoms with Crippen LogP contribution in [-0.2, 0) is 54.4 Å². The summed E-state index contributed by atoms with van der Waals surface area (Å²) < 4.78 is 0. The fourth-order valence-corrected chi connectivity index (χ4v) is 7.12. The first-order valence-electron chi connectivity index (χ1n) is 22.0. The fraction of sp³-hybridized carbons (Fsp3) is 0.628. The number of nitrogens with zero attached hydrogens (tertiary/aromatic N) is 1. The molecule has 1 heterocycles. The van der Waals surface area contributed by atoms with Gasteiger partial charge in [0.25, 0.3) is 0 Å². The number of rotatable bonds is 31. The van der Waals surface area contributed by atoms with Gasteiger partial charge in [0.05, 0.1) is 13.0 Å². The molecule has 0 saturated carbocycles. The van der Waals surface area contributed by atoms with Crippen molar-refractivity contribution in [3.63, 3.8) is 0 Å². The van der Waals surface area contributed by atoms with Crippen LogP contribution in [-0.4, -0.2) is 142 Å². The summed E-state index contributed by atoms with van der Waals surface area (Å²) in [6, 6.07) is 0.809. The molecule has 1 fully saturated rings. The van der Waals surface area contributed by atoms with E-state index in [-0.39, 0.29) is 51.0 Å². The Morgan fingerprint density at radius 3 is 1.86 bits per heavy atom. The van der Waals surface area contributed by atoms with Crippen LogP contribution >= 0.6 is 0 Å². The van der Waals surface area contributed by atoms with Gasteiger partial charge >= 0.3 is 17.9 Å². The summed E-state index contributed by atoms with van der Waals surface area (Å²) >= 11 is 0. The predicted molar refractivity (Wildman–Crippen MR) is 234 cm³/mol. The highest BCUT2D eigenvalue weighted by Gasteiger charge is 2.37. The summed E-state index contributed by atoms with van der Waals surface area (Å²) in [5, 5.41) is 43.4. The largest absolute Gasteiger partial charge is 0.481 e. The summed E-state index contributed by atoms with van der Waals surface area (Å²) in [5.74, 6) is -9.64. The lowest BCUT2D eigenvalue weighted by atomic mass is 10.0. The third-order valence-electron chi connectivity index (χ3n) is 10.5. The van der Waals surface area contributed by atoms with Gasteiger partial charge in [0.1, 0.15) is 36.3 Å². The maximum Gasteiger partial charge on any atom is 0.326 e. The average molecular weight is 918 g/mol. The van der Waals surface area contributed by atoms with E-state index < -0.39 is 115 Å². The molecule has 1 aromatic rings. The molecule has 362 valence electrons. The van der Waals surface area contributed by atoms with E-state index in [4.69, 9.17) is 11.5 Å². The molecular weight excluding hydrogens is 851 g/mol. The van der Waals surface area contributed by atoms with Crippen LogP contribution in [0, 0.1) is 5.92 Å². The fourth-order valence-electron chi connectivity index (χ4n) is 7.12. The van der Waals surface area contributed by atoms with Crippen LogP contribution < -0.4 is 43.4 Å². The Hall–Kier alpha value is -6.16. The van der Waals surface area contributed by atoms with Crippen LogP contribution in [0.25, 0.3) is 0 Å². The molecule has 7 amide bonds. The van der Waals surface area contributed by atoms with Gasteiger partial charge in [-0.25, -0.2) is 4.79 Å². The molecule has 0 radical (unpaired) electrons. The number of nitrogens with one attached hydrogen (secondary N) is 6. The molecule has 0 unspecified atom stereocenters. The quantitative estimate of drug-likeness (QED) is 0.0393. The van der Waals surface area contributed by atoms with E-state index in [1.54, 1.807) is 44.2 Å². The number of carbonyl (C=O) groups is 10. The van der Waals surface area contributed by atoms with E-state index in [2.05, 4.69) is 31.9 Å². The second kappa shape index (κ2) is 29.3. The average Bonchev–Trinajstić information content (AvgIpc) is 3.75. The smallest absolute Gasteiger partial charge is 0.326 e. The number of benzene rings is 1. The van der Waals surface area contributed by atoms with Crippen LogP contribution in [0.1, 0.15) is 103 Å². The van der Waals surface area contributed by atoms with Gasteiger partial charge in [0.2, 0.25) is 41.4 Å². The van der Waals surface area contributed by atoms with E-state index >= 15 is 0 Å². The maximum absolute atomic E-state index is 13.9. The van der Waals surface area contributed by atoms with Crippen LogP contribution in [0.5, 0.6) is 0 Å². The molecule has 0 aromatic heterocycles. The number of hydrogen-bond acceptors (Lipinski definition) is 12. The Balaban J connectivity index is 2.20. The summed E-state index contributed by atoms with van der Waals surface area (Å²) in [6.45, 7) is 3.69. The lowest BCUT2D eigenvalue weighted by Crippen LogP contribution is -2.58. The molecule has 1 aromatic carbocycles. The van der Waals surface area contributed by atoms with Gasteiger partial charge in [-0.2, -0.15) is 0 Å². The molecule has 22 nitrogen and oxygen atoms in total. The van der Waals surface area contributed by atoms with Crippen LogP contribution in [0.4, 0.5) is 0 Å². The molecule has 0 aliphatic carbocycles. The molecule has 2 rings (SSSR count). The lowest BCUT2D eigenvalue weighted by Gasteiger charge is -2.28. The highest BCUT2D eigenvalue weighted by molar-refractivity contribution is 5.97. The van der Waals surface area contributed by atoms with Crippen molar-refractivity contribution in [1.29, 1.82) is 0 Å². The van der Waals surface area contributed by atoms with Crippen molar-refractivity contribution in [2.75, 3.05) is 26.2 Å². The Morgan fingerprint density at radius 2 is 1.26 bits per heavy atom. The molecule has 6 atom stereocenters. The first-order chi connectivity index (χ1) is 30.9.